The molecule has 29 heavy (non-hydrogen) atoms. The van der Waals surface area contributed by atoms with Gasteiger partial charge in [0, 0.05) is 24.4 Å². The third-order valence-electron chi connectivity index (χ3n) is 6.18. The number of carbonyl (C=O) groups excluding carboxylic acids is 2. The molecule has 0 aromatic heterocycles. The number of halogens is 1. The van der Waals surface area contributed by atoms with Gasteiger partial charge in [0.25, 0.3) is 0 Å². The lowest BCUT2D eigenvalue weighted by atomic mass is 9.84. The van der Waals surface area contributed by atoms with Gasteiger partial charge in [-0.15, -0.1) is 12.4 Å². The van der Waals surface area contributed by atoms with Crippen LogP contribution in [0.3, 0.4) is 0 Å². The van der Waals surface area contributed by atoms with Crippen LogP contribution in [-0.4, -0.2) is 25.0 Å². The summed E-state index contributed by atoms with van der Waals surface area (Å²) in [7, 11) is 1.58. The second-order valence-electron chi connectivity index (χ2n) is 8.27. The van der Waals surface area contributed by atoms with Crippen LogP contribution in [0.1, 0.15) is 64.2 Å². The van der Waals surface area contributed by atoms with Gasteiger partial charge in [0.05, 0.1) is 18.5 Å². The maximum absolute atomic E-state index is 12.6. The monoisotopic (exact) mass is 423 g/mol. The third kappa shape index (κ3) is 6.81. The summed E-state index contributed by atoms with van der Waals surface area (Å²) in [5.74, 6) is 1.35. The van der Waals surface area contributed by atoms with E-state index in [2.05, 4.69) is 10.6 Å². The highest BCUT2D eigenvalue weighted by atomic mass is 35.5. The second-order valence-corrected chi connectivity index (χ2v) is 8.27. The van der Waals surface area contributed by atoms with Gasteiger partial charge in [-0.1, -0.05) is 19.3 Å². The molecule has 1 aromatic carbocycles. The van der Waals surface area contributed by atoms with Crippen molar-refractivity contribution in [3.63, 3.8) is 0 Å². The SMILES string of the molecule is COc1ccc(N)c(NC(=O)C2CCC(NC(=O)CC3CCCCC3)CC2)c1.Cl. The highest BCUT2D eigenvalue weighted by Crippen LogP contribution is 2.30. The number of hydrogen-bond acceptors (Lipinski definition) is 4. The topological polar surface area (TPSA) is 93.4 Å². The van der Waals surface area contributed by atoms with Crippen LogP contribution in [0, 0.1) is 11.8 Å². The van der Waals surface area contributed by atoms with E-state index in [1.165, 1.54) is 32.1 Å². The number of methoxy groups -OCH3 is 1. The van der Waals surface area contributed by atoms with E-state index in [1.54, 1.807) is 25.3 Å². The summed E-state index contributed by atoms with van der Waals surface area (Å²) in [5.41, 5.74) is 7.07. The minimum absolute atomic E-state index is 0. The molecule has 0 bridgehead atoms. The van der Waals surface area contributed by atoms with Crippen LogP contribution >= 0.6 is 12.4 Å². The third-order valence-corrected chi connectivity index (χ3v) is 6.18. The first-order valence-electron chi connectivity index (χ1n) is 10.6. The molecule has 2 aliphatic rings. The number of nitrogens with one attached hydrogen (secondary N) is 2. The molecule has 6 nitrogen and oxygen atoms in total. The fourth-order valence-electron chi connectivity index (χ4n) is 4.45. The zero-order valence-electron chi connectivity index (χ0n) is 17.2. The van der Waals surface area contributed by atoms with Gasteiger partial charge in [0.2, 0.25) is 11.8 Å². The molecule has 162 valence electrons. The minimum atomic E-state index is -0.0444. The molecule has 7 heteroatoms. The molecule has 2 amide bonds. The normalized spacial score (nSPS) is 22.2. The number of benzene rings is 1. The van der Waals surface area contributed by atoms with Crippen LogP contribution in [0.2, 0.25) is 0 Å². The van der Waals surface area contributed by atoms with Gasteiger partial charge < -0.3 is 21.1 Å². The average molecular weight is 424 g/mol. The van der Waals surface area contributed by atoms with Crippen molar-refractivity contribution in [2.75, 3.05) is 18.2 Å². The predicted molar refractivity (Wildman–Crippen MR) is 118 cm³/mol. The Hall–Kier alpha value is -1.95. The van der Waals surface area contributed by atoms with Gasteiger partial charge in [0.15, 0.2) is 0 Å². The molecule has 0 unspecified atom stereocenters. The summed E-state index contributed by atoms with van der Waals surface area (Å²) in [6.07, 6.45) is 10.1. The number of nitrogen functional groups attached to an aromatic ring is 1. The van der Waals surface area contributed by atoms with Gasteiger partial charge in [-0.2, -0.15) is 0 Å². The molecular formula is C22H34ClN3O3. The number of amides is 2. The molecule has 0 atom stereocenters. The molecule has 0 saturated heterocycles. The van der Waals surface area contributed by atoms with Crippen molar-refractivity contribution in [3.8, 4) is 5.75 Å². The van der Waals surface area contributed by atoms with Crippen LogP contribution in [0.4, 0.5) is 11.4 Å². The lowest BCUT2D eigenvalue weighted by molar-refractivity contribution is -0.123. The number of nitrogens with two attached hydrogens (primary N) is 1. The van der Waals surface area contributed by atoms with E-state index < -0.39 is 0 Å². The number of anilines is 2. The summed E-state index contributed by atoms with van der Waals surface area (Å²) in [6, 6.07) is 5.44. The lowest BCUT2D eigenvalue weighted by Gasteiger charge is -2.29. The van der Waals surface area contributed by atoms with E-state index in [4.69, 9.17) is 10.5 Å². The van der Waals surface area contributed by atoms with Gasteiger partial charge in [-0.25, -0.2) is 0 Å². The first-order valence-corrected chi connectivity index (χ1v) is 10.6. The van der Waals surface area contributed by atoms with Gasteiger partial charge in [-0.05, 0) is 56.6 Å². The smallest absolute Gasteiger partial charge is 0.227 e. The summed E-state index contributed by atoms with van der Waals surface area (Å²) in [5, 5.41) is 6.13. The molecule has 0 heterocycles. The van der Waals surface area contributed by atoms with Crippen molar-refractivity contribution in [3.05, 3.63) is 18.2 Å². The Labute approximate surface area is 179 Å². The predicted octanol–water partition coefficient (Wildman–Crippen LogP) is 4.28. The maximum Gasteiger partial charge on any atom is 0.227 e. The van der Waals surface area contributed by atoms with Crippen molar-refractivity contribution in [2.24, 2.45) is 11.8 Å². The summed E-state index contributed by atoms with van der Waals surface area (Å²) in [6.45, 7) is 0. The molecule has 0 radical (unpaired) electrons. The molecule has 2 fully saturated rings. The van der Waals surface area contributed by atoms with Crippen molar-refractivity contribution in [2.45, 2.75) is 70.3 Å². The zero-order valence-corrected chi connectivity index (χ0v) is 18.1. The fourth-order valence-corrected chi connectivity index (χ4v) is 4.45. The Morgan fingerprint density at radius 2 is 1.76 bits per heavy atom. The number of ether oxygens (including phenoxy) is 1. The van der Waals surface area contributed by atoms with Crippen LogP contribution in [0.25, 0.3) is 0 Å². The molecular weight excluding hydrogens is 390 g/mol. The van der Waals surface area contributed by atoms with Crippen molar-refractivity contribution in [1.82, 2.24) is 5.32 Å². The Morgan fingerprint density at radius 1 is 1.07 bits per heavy atom. The van der Waals surface area contributed by atoms with E-state index >= 15 is 0 Å². The summed E-state index contributed by atoms with van der Waals surface area (Å²) < 4.78 is 5.20. The largest absolute Gasteiger partial charge is 0.497 e. The number of hydrogen-bond donors (Lipinski definition) is 3. The van der Waals surface area contributed by atoms with Crippen LogP contribution < -0.4 is 21.1 Å². The van der Waals surface area contributed by atoms with Crippen molar-refractivity contribution in [1.29, 1.82) is 0 Å². The van der Waals surface area contributed by atoms with Crippen LogP contribution in [0.5, 0.6) is 5.75 Å². The zero-order chi connectivity index (χ0) is 19.9. The van der Waals surface area contributed by atoms with Gasteiger partial charge in [-0.3, -0.25) is 9.59 Å². The number of carbonyl (C=O) groups is 2. The molecule has 2 aliphatic carbocycles. The van der Waals surface area contributed by atoms with Crippen molar-refractivity contribution >= 4 is 35.6 Å². The quantitative estimate of drug-likeness (QED) is 0.595. The fraction of sp³-hybridized carbons (Fsp3) is 0.636. The molecule has 0 spiro atoms. The highest BCUT2D eigenvalue weighted by molar-refractivity contribution is 5.95. The Bertz CT molecular complexity index is 684. The average Bonchev–Trinajstić information content (AvgIpc) is 2.71. The number of rotatable bonds is 6. The maximum atomic E-state index is 12.6. The molecule has 2 saturated carbocycles. The van der Waals surface area contributed by atoms with E-state index in [0.29, 0.717) is 29.5 Å². The van der Waals surface area contributed by atoms with E-state index in [1.807, 2.05) is 0 Å². The second kappa shape index (κ2) is 11.3. The highest BCUT2D eigenvalue weighted by Gasteiger charge is 2.28. The Balaban J connectivity index is 0.00000300. The van der Waals surface area contributed by atoms with Crippen LogP contribution in [0.15, 0.2) is 18.2 Å². The summed E-state index contributed by atoms with van der Waals surface area (Å²) in [4.78, 5) is 24.9. The lowest BCUT2D eigenvalue weighted by Crippen LogP contribution is -2.40. The van der Waals surface area contributed by atoms with Crippen LogP contribution in [-0.2, 0) is 9.59 Å². The Morgan fingerprint density at radius 3 is 2.41 bits per heavy atom. The molecule has 1 aromatic rings. The first kappa shape index (κ1) is 23.3. The van der Waals surface area contributed by atoms with E-state index in [9.17, 15) is 9.59 Å². The molecule has 3 rings (SSSR count). The first-order chi connectivity index (χ1) is 13.5. The Kier molecular flexibility index (Phi) is 9.08. The van der Waals surface area contributed by atoms with E-state index in [-0.39, 0.29) is 36.2 Å². The molecule has 0 aliphatic heterocycles. The minimum Gasteiger partial charge on any atom is -0.497 e. The van der Waals surface area contributed by atoms with E-state index in [0.717, 1.165) is 25.7 Å². The molecule has 4 N–H and O–H groups in total. The summed E-state index contributed by atoms with van der Waals surface area (Å²) >= 11 is 0. The van der Waals surface area contributed by atoms with Gasteiger partial charge in [0.1, 0.15) is 5.75 Å². The van der Waals surface area contributed by atoms with Crippen molar-refractivity contribution < 1.29 is 14.3 Å². The standard InChI is InChI=1S/C22H33N3O3.ClH/c1-28-18-11-12-19(23)20(14-18)25-22(27)16-7-9-17(10-8-16)24-21(26)13-15-5-3-2-4-6-15;/h11-12,14-17H,2-10,13,23H2,1H3,(H,24,26)(H,25,27);1H. The van der Waals surface area contributed by atoms with Gasteiger partial charge >= 0.3 is 0 Å².